The molecule has 4 nitrogen and oxygen atoms in total. The zero-order chi connectivity index (χ0) is 19.9. The van der Waals surface area contributed by atoms with E-state index < -0.39 is 6.04 Å². The number of para-hydroxylation sites is 1. The van der Waals surface area contributed by atoms with Crippen LogP contribution in [0.3, 0.4) is 0 Å². The SMILES string of the molecule is COc1ccccc1[C@@H](C)[NH2+][C@@H](C(=O)Nc1ccc(F)cc1)c1ccccc1. The van der Waals surface area contributed by atoms with Crippen LogP contribution in [0, 0.1) is 5.82 Å². The van der Waals surface area contributed by atoms with Gasteiger partial charge < -0.3 is 15.4 Å². The molecule has 5 heteroatoms. The largest absolute Gasteiger partial charge is 0.496 e. The van der Waals surface area contributed by atoms with Crippen LogP contribution in [0.15, 0.2) is 78.9 Å². The zero-order valence-electron chi connectivity index (χ0n) is 15.9. The van der Waals surface area contributed by atoms with E-state index in [9.17, 15) is 9.18 Å². The summed E-state index contributed by atoms with van der Waals surface area (Å²) in [4.78, 5) is 13.1. The van der Waals surface area contributed by atoms with Crippen molar-refractivity contribution in [2.75, 3.05) is 12.4 Å². The fourth-order valence-electron chi connectivity index (χ4n) is 3.20. The Hall–Kier alpha value is -3.18. The smallest absolute Gasteiger partial charge is 0.287 e. The van der Waals surface area contributed by atoms with Crippen LogP contribution in [0.25, 0.3) is 0 Å². The Bertz CT molecular complexity index is 913. The van der Waals surface area contributed by atoms with Gasteiger partial charge in [0, 0.05) is 11.3 Å². The average molecular weight is 379 g/mol. The molecule has 3 aromatic carbocycles. The van der Waals surface area contributed by atoms with E-state index in [1.807, 2.05) is 66.8 Å². The number of nitrogens with one attached hydrogen (secondary N) is 1. The Labute approximate surface area is 164 Å². The van der Waals surface area contributed by atoms with Crippen molar-refractivity contribution in [3.05, 3.63) is 95.8 Å². The predicted molar refractivity (Wildman–Crippen MR) is 108 cm³/mol. The third kappa shape index (κ3) is 4.75. The first-order chi connectivity index (χ1) is 13.6. The number of nitrogens with two attached hydrogens (primary N) is 1. The van der Waals surface area contributed by atoms with E-state index >= 15 is 0 Å². The van der Waals surface area contributed by atoms with Crippen molar-refractivity contribution in [1.29, 1.82) is 0 Å². The molecule has 0 aliphatic carbocycles. The Balaban J connectivity index is 1.85. The molecule has 0 radical (unpaired) electrons. The van der Waals surface area contributed by atoms with Gasteiger partial charge in [-0.1, -0.05) is 42.5 Å². The number of carbonyl (C=O) groups excluding carboxylic acids is 1. The van der Waals surface area contributed by atoms with Crippen molar-refractivity contribution in [2.24, 2.45) is 0 Å². The van der Waals surface area contributed by atoms with Gasteiger partial charge in [-0.05, 0) is 43.3 Å². The summed E-state index contributed by atoms with van der Waals surface area (Å²) in [7, 11) is 1.64. The molecule has 28 heavy (non-hydrogen) atoms. The Morgan fingerprint density at radius 1 is 0.964 bits per heavy atom. The summed E-state index contributed by atoms with van der Waals surface area (Å²) < 4.78 is 18.6. The summed E-state index contributed by atoms with van der Waals surface area (Å²) in [6, 6.07) is 22.7. The average Bonchev–Trinajstić information content (AvgIpc) is 2.74. The van der Waals surface area contributed by atoms with Crippen LogP contribution in [-0.2, 0) is 4.79 Å². The van der Waals surface area contributed by atoms with Gasteiger partial charge in [-0.15, -0.1) is 0 Å². The molecule has 0 spiro atoms. The van der Waals surface area contributed by atoms with Crippen molar-refractivity contribution < 1.29 is 19.2 Å². The quantitative estimate of drug-likeness (QED) is 0.655. The molecule has 0 bridgehead atoms. The lowest BCUT2D eigenvalue weighted by atomic mass is 10.0. The molecule has 3 N–H and O–H groups in total. The monoisotopic (exact) mass is 379 g/mol. The number of anilines is 1. The van der Waals surface area contributed by atoms with Crippen LogP contribution >= 0.6 is 0 Å². The first kappa shape index (κ1) is 19.6. The predicted octanol–water partition coefficient (Wildman–Crippen LogP) is 3.84. The van der Waals surface area contributed by atoms with E-state index in [1.54, 1.807) is 19.2 Å². The number of quaternary nitrogens is 1. The van der Waals surface area contributed by atoms with E-state index in [1.165, 1.54) is 12.1 Å². The van der Waals surface area contributed by atoms with Crippen molar-refractivity contribution in [3.8, 4) is 5.75 Å². The van der Waals surface area contributed by atoms with Crippen LogP contribution in [0.2, 0.25) is 0 Å². The second-order valence-electron chi connectivity index (χ2n) is 6.61. The summed E-state index contributed by atoms with van der Waals surface area (Å²) in [6.45, 7) is 2.04. The number of halogens is 1. The Kier molecular flexibility index (Phi) is 6.40. The lowest BCUT2D eigenvalue weighted by Crippen LogP contribution is -2.87. The maximum atomic E-state index is 13.1. The van der Waals surface area contributed by atoms with E-state index in [0.29, 0.717) is 5.69 Å². The number of rotatable bonds is 7. The van der Waals surface area contributed by atoms with Gasteiger partial charge in [-0.3, -0.25) is 4.79 Å². The summed E-state index contributed by atoms with van der Waals surface area (Å²) >= 11 is 0. The third-order valence-corrected chi connectivity index (χ3v) is 4.66. The molecule has 144 valence electrons. The number of hydrogen-bond donors (Lipinski definition) is 2. The second kappa shape index (κ2) is 9.15. The highest BCUT2D eigenvalue weighted by Crippen LogP contribution is 2.23. The highest BCUT2D eigenvalue weighted by Gasteiger charge is 2.28. The number of carbonyl (C=O) groups is 1. The molecule has 0 aliphatic rings. The topological polar surface area (TPSA) is 54.9 Å². The minimum Gasteiger partial charge on any atom is -0.496 e. The molecule has 0 heterocycles. The lowest BCUT2D eigenvalue weighted by molar-refractivity contribution is -0.718. The first-order valence-corrected chi connectivity index (χ1v) is 9.17. The van der Waals surface area contributed by atoms with Crippen LogP contribution in [0.5, 0.6) is 5.75 Å². The number of methoxy groups -OCH3 is 1. The molecule has 0 aromatic heterocycles. The van der Waals surface area contributed by atoms with Gasteiger partial charge in [0.15, 0.2) is 6.04 Å². The Morgan fingerprint density at radius 2 is 1.61 bits per heavy atom. The first-order valence-electron chi connectivity index (χ1n) is 9.17. The number of hydrogen-bond acceptors (Lipinski definition) is 2. The van der Waals surface area contributed by atoms with Gasteiger partial charge in [0.05, 0.1) is 12.7 Å². The fourth-order valence-corrected chi connectivity index (χ4v) is 3.20. The highest BCUT2D eigenvalue weighted by molar-refractivity contribution is 5.94. The molecule has 0 unspecified atom stereocenters. The molecule has 2 atom stereocenters. The van der Waals surface area contributed by atoms with Gasteiger partial charge in [0.25, 0.3) is 5.91 Å². The molecule has 0 aliphatic heterocycles. The molecule has 3 rings (SSSR count). The maximum absolute atomic E-state index is 13.1. The standard InChI is InChI=1S/C23H23FN2O2/c1-16(20-10-6-7-11-21(20)28-2)25-22(17-8-4-3-5-9-17)23(27)26-19-14-12-18(24)13-15-19/h3-16,22,25H,1-2H3,(H,26,27)/p+1/t16-,22-/m1/s1. The van der Waals surface area contributed by atoms with Crippen LogP contribution in [0.1, 0.15) is 30.1 Å². The highest BCUT2D eigenvalue weighted by atomic mass is 19.1. The van der Waals surface area contributed by atoms with E-state index in [4.69, 9.17) is 4.74 Å². The normalized spacial score (nSPS) is 12.8. The third-order valence-electron chi connectivity index (χ3n) is 4.66. The van der Waals surface area contributed by atoms with Gasteiger partial charge in [0.2, 0.25) is 0 Å². The molecular weight excluding hydrogens is 355 g/mol. The van der Waals surface area contributed by atoms with Gasteiger partial charge >= 0.3 is 0 Å². The molecular formula is C23H24FN2O2+. The molecule has 0 saturated heterocycles. The summed E-state index contributed by atoms with van der Waals surface area (Å²) in [6.07, 6.45) is 0. The van der Waals surface area contributed by atoms with Gasteiger partial charge in [0.1, 0.15) is 17.6 Å². The molecule has 0 saturated carbocycles. The minimum absolute atomic E-state index is 0.0136. The Morgan fingerprint density at radius 3 is 2.29 bits per heavy atom. The molecule has 3 aromatic rings. The number of ether oxygens (including phenoxy) is 1. The molecule has 1 amide bonds. The van der Waals surface area contributed by atoms with Gasteiger partial charge in [-0.25, -0.2) is 4.39 Å². The lowest BCUT2D eigenvalue weighted by Gasteiger charge is -2.21. The maximum Gasteiger partial charge on any atom is 0.287 e. The second-order valence-corrected chi connectivity index (χ2v) is 6.61. The van der Waals surface area contributed by atoms with Crippen LogP contribution in [-0.4, -0.2) is 13.0 Å². The number of benzene rings is 3. The van der Waals surface area contributed by atoms with Crippen molar-refractivity contribution in [1.82, 2.24) is 0 Å². The van der Waals surface area contributed by atoms with Crippen LogP contribution in [0.4, 0.5) is 10.1 Å². The molecule has 0 fully saturated rings. The van der Waals surface area contributed by atoms with Crippen molar-refractivity contribution >= 4 is 11.6 Å². The van der Waals surface area contributed by atoms with E-state index in [0.717, 1.165) is 16.9 Å². The summed E-state index contributed by atoms with van der Waals surface area (Å²) in [5, 5.41) is 4.89. The van der Waals surface area contributed by atoms with E-state index in [2.05, 4.69) is 5.32 Å². The summed E-state index contributed by atoms with van der Waals surface area (Å²) in [5.41, 5.74) is 2.47. The minimum atomic E-state index is -0.467. The summed E-state index contributed by atoms with van der Waals surface area (Å²) in [5.74, 6) is 0.283. The zero-order valence-corrected chi connectivity index (χ0v) is 15.9. The van der Waals surface area contributed by atoms with Crippen molar-refractivity contribution in [3.63, 3.8) is 0 Å². The number of amides is 1. The fraction of sp³-hybridized carbons (Fsp3) is 0.174. The van der Waals surface area contributed by atoms with E-state index in [-0.39, 0.29) is 17.8 Å². The van der Waals surface area contributed by atoms with Gasteiger partial charge in [-0.2, -0.15) is 0 Å². The van der Waals surface area contributed by atoms with Crippen molar-refractivity contribution in [2.45, 2.75) is 19.0 Å². The van der Waals surface area contributed by atoms with Crippen LogP contribution < -0.4 is 15.4 Å².